The number of nitrogens with one attached hydrogen (secondary N) is 2. The Balaban J connectivity index is 1.94. The fourth-order valence-electron chi connectivity index (χ4n) is 2.57. The Bertz CT molecular complexity index is 1210. The van der Waals surface area contributed by atoms with Crippen LogP contribution in [0.2, 0.25) is 5.02 Å². The van der Waals surface area contributed by atoms with E-state index in [-0.39, 0.29) is 22.0 Å². The van der Waals surface area contributed by atoms with Gasteiger partial charge >= 0.3 is 0 Å². The third kappa shape index (κ3) is 5.13. The lowest BCUT2D eigenvalue weighted by Gasteiger charge is -2.12. The average molecular weight is 445 g/mol. The molecule has 3 aromatic rings. The summed E-state index contributed by atoms with van der Waals surface area (Å²) in [5.74, 6) is 0. The summed E-state index contributed by atoms with van der Waals surface area (Å²) in [6, 6.07) is 17.0. The first-order valence-electron chi connectivity index (χ1n) is 8.68. The van der Waals surface area contributed by atoms with Gasteiger partial charge in [-0.3, -0.25) is 20.3 Å². The van der Waals surface area contributed by atoms with Crippen molar-refractivity contribution in [3.8, 4) is 0 Å². The van der Waals surface area contributed by atoms with E-state index in [9.17, 15) is 18.5 Å². The highest BCUT2D eigenvalue weighted by molar-refractivity contribution is 7.92. The number of nitro groups is 1. The molecule has 30 heavy (non-hydrogen) atoms. The van der Waals surface area contributed by atoms with Crippen LogP contribution in [0.4, 0.5) is 17.1 Å². The zero-order valence-corrected chi connectivity index (χ0v) is 17.3. The molecule has 0 aliphatic heterocycles. The van der Waals surface area contributed by atoms with Crippen LogP contribution in [0.15, 0.2) is 76.7 Å². The number of rotatable bonds is 7. The van der Waals surface area contributed by atoms with Gasteiger partial charge in [0.1, 0.15) is 4.90 Å². The Morgan fingerprint density at radius 2 is 1.77 bits per heavy atom. The molecule has 0 saturated carbocycles. The fraction of sp³-hybridized carbons (Fsp3) is 0.0500. The number of hydrazone groups is 1. The van der Waals surface area contributed by atoms with Crippen LogP contribution in [0.1, 0.15) is 11.1 Å². The molecule has 0 fully saturated rings. The SMILES string of the molecule is Cc1ccccc1C=NNc1ccc([N+](=O)[O-])cc1S(=O)(=O)Nc1ccc(Cl)cc1. The van der Waals surface area contributed by atoms with E-state index in [0.717, 1.165) is 17.2 Å². The molecule has 0 radical (unpaired) electrons. The van der Waals surface area contributed by atoms with E-state index in [0.29, 0.717) is 5.02 Å². The van der Waals surface area contributed by atoms with Gasteiger partial charge in [0.25, 0.3) is 15.7 Å². The lowest BCUT2D eigenvalue weighted by molar-refractivity contribution is -0.385. The lowest BCUT2D eigenvalue weighted by Crippen LogP contribution is -2.15. The molecule has 0 atom stereocenters. The van der Waals surface area contributed by atoms with E-state index in [1.54, 1.807) is 6.21 Å². The van der Waals surface area contributed by atoms with Gasteiger partial charge in [0.15, 0.2) is 0 Å². The molecule has 2 N–H and O–H groups in total. The molecule has 0 bridgehead atoms. The summed E-state index contributed by atoms with van der Waals surface area (Å²) in [6.45, 7) is 1.92. The summed E-state index contributed by atoms with van der Waals surface area (Å²) in [5.41, 5.74) is 4.49. The summed E-state index contributed by atoms with van der Waals surface area (Å²) in [4.78, 5) is 10.2. The van der Waals surface area contributed by atoms with Crippen LogP contribution in [0.25, 0.3) is 0 Å². The van der Waals surface area contributed by atoms with Gasteiger partial charge in [-0.15, -0.1) is 0 Å². The number of non-ortho nitro benzene ring substituents is 1. The normalized spacial score (nSPS) is 11.4. The van der Waals surface area contributed by atoms with Gasteiger partial charge in [-0.1, -0.05) is 35.9 Å². The highest BCUT2D eigenvalue weighted by Crippen LogP contribution is 2.28. The second kappa shape index (κ2) is 8.93. The van der Waals surface area contributed by atoms with Crippen molar-refractivity contribution in [2.24, 2.45) is 5.10 Å². The molecule has 3 aromatic carbocycles. The highest BCUT2D eigenvalue weighted by atomic mass is 35.5. The average Bonchev–Trinajstić information content (AvgIpc) is 2.71. The van der Waals surface area contributed by atoms with Crippen molar-refractivity contribution < 1.29 is 13.3 Å². The molecule has 8 nitrogen and oxygen atoms in total. The number of nitrogens with zero attached hydrogens (tertiary/aromatic N) is 2. The van der Waals surface area contributed by atoms with Crippen LogP contribution in [-0.2, 0) is 10.0 Å². The molecular formula is C20H17ClN4O4S. The summed E-state index contributed by atoms with van der Waals surface area (Å²) >= 11 is 5.82. The topological polar surface area (TPSA) is 114 Å². The largest absolute Gasteiger partial charge is 0.280 e. The summed E-state index contributed by atoms with van der Waals surface area (Å²) < 4.78 is 28.2. The van der Waals surface area contributed by atoms with Crippen LogP contribution in [0, 0.1) is 17.0 Å². The van der Waals surface area contributed by atoms with Crippen molar-refractivity contribution in [3.63, 3.8) is 0 Å². The molecule has 0 aromatic heterocycles. The number of hydrogen-bond donors (Lipinski definition) is 2. The maximum absolute atomic E-state index is 12.9. The Morgan fingerprint density at radius 1 is 1.07 bits per heavy atom. The van der Waals surface area contributed by atoms with Crippen molar-refractivity contribution in [3.05, 3.63) is 93.0 Å². The number of anilines is 2. The zero-order chi connectivity index (χ0) is 21.7. The number of sulfonamides is 1. The molecule has 0 heterocycles. The molecule has 0 spiro atoms. The quantitative estimate of drug-likeness (QED) is 0.308. The van der Waals surface area contributed by atoms with Crippen molar-refractivity contribution in [1.82, 2.24) is 0 Å². The van der Waals surface area contributed by atoms with E-state index < -0.39 is 14.9 Å². The monoisotopic (exact) mass is 444 g/mol. The molecular weight excluding hydrogens is 428 g/mol. The van der Waals surface area contributed by atoms with Gasteiger partial charge < -0.3 is 0 Å². The number of benzene rings is 3. The fourth-order valence-corrected chi connectivity index (χ4v) is 3.93. The molecule has 154 valence electrons. The van der Waals surface area contributed by atoms with Gasteiger partial charge in [-0.2, -0.15) is 5.10 Å². The van der Waals surface area contributed by atoms with Crippen molar-refractivity contribution in [2.75, 3.05) is 10.1 Å². The minimum atomic E-state index is -4.15. The molecule has 10 heteroatoms. The first kappa shape index (κ1) is 21.3. The number of aryl methyl sites for hydroxylation is 1. The van der Waals surface area contributed by atoms with Gasteiger partial charge in [0, 0.05) is 22.8 Å². The molecule has 0 aliphatic rings. The molecule has 3 rings (SSSR count). The van der Waals surface area contributed by atoms with Crippen LogP contribution in [-0.4, -0.2) is 19.6 Å². The van der Waals surface area contributed by atoms with Gasteiger partial charge in [0.05, 0.1) is 16.8 Å². The van der Waals surface area contributed by atoms with Crippen molar-refractivity contribution in [2.45, 2.75) is 11.8 Å². The second-order valence-electron chi connectivity index (χ2n) is 6.28. The van der Waals surface area contributed by atoms with Gasteiger partial charge in [0.2, 0.25) is 0 Å². The van der Waals surface area contributed by atoms with E-state index >= 15 is 0 Å². The summed E-state index contributed by atoms with van der Waals surface area (Å²) in [6.07, 6.45) is 1.54. The molecule has 0 unspecified atom stereocenters. The predicted molar refractivity (Wildman–Crippen MR) is 118 cm³/mol. The maximum Gasteiger partial charge on any atom is 0.270 e. The zero-order valence-electron chi connectivity index (χ0n) is 15.7. The molecule has 0 aliphatic carbocycles. The minimum Gasteiger partial charge on any atom is -0.280 e. The molecule has 0 amide bonds. The van der Waals surface area contributed by atoms with Crippen LogP contribution in [0.5, 0.6) is 0 Å². The van der Waals surface area contributed by atoms with E-state index in [2.05, 4.69) is 15.2 Å². The Hall–Kier alpha value is -3.43. The Labute approximate surface area is 178 Å². The molecule has 0 saturated heterocycles. The number of nitro benzene ring substituents is 1. The minimum absolute atomic E-state index is 0.0897. The van der Waals surface area contributed by atoms with E-state index in [1.807, 2.05) is 31.2 Å². The smallest absolute Gasteiger partial charge is 0.270 e. The summed E-state index contributed by atoms with van der Waals surface area (Å²) in [7, 11) is -4.15. The lowest BCUT2D eigenvalue weighted by atomic mass is 10.1. The van der Waals surface area contributed by atoms with E-state index in [1.165, 1.54) is 36.4 Å². The van der Waals surface area contributed by atoms with Crippen molar-refractivity contribution >= 4 is 44.9 Å². The predicted octanol–water partition coefficient (Wildman–Crippen LogP) is 4.80. The Kier molecular flexibility index (Phi) is 6.34. The third-order valence-corrected chi connectivity index (χ3v) is 5.81. The van der Waals surface area contributed by atoms with Crippen LogP contribution >= 0.6 is 11.6 Å². The number of halogens is 1. The second-order valence-corrected chi connectivity index (χ2v) is 8.36. The van der Waals surface area contributed by atoms with Gasteiger partial charge in [-0.05, 0) is 48.4 Å². The van der Waals surface area contributed by atoms with Gasteiger partial charge in [-0.25, -0.2) is 8.42 Å². The van der Waals surface area contributed by atoms with E-state index in [4.69, 9.17) is 11.6 Å². The highest BCUT2D eigenvalue weighted by Gasteiger charge is 2.22. The van der Waals surface area contributed by atoms with Crippen molar-refractivity contribution in [1.29, 1.82) is 0 Å². The third-order valence-electron chi connectivity index (χ3n) is 4.14. The van der Waals surface area contributed by atoms with Crippen LogP contribution in [0.3, 0.4) is 0 Å². The van der Waals surface area contributed by atoms with Crippen LogP contribution < -0.4 is 10.1 Å². The first-order valence-corrected chi connectivity index (χ1v) is 10.5. The maximum atomic E-state index is 12.9. The standard InChI is InChI=1S/C20H17ClN4O4S/c1-14-4-2-3-5-15(14)13-22-23-19-11-10-18(25(26)27)12-20(19)30(28,29)24-17-8-6-16(21)7-9-17/h2-13,23-24H,1H3. The first-order chi connectivity index (χ1) is 14.3. The number of hydrogen-bond acceptors (Lipinski definition) is 6. The Morgan fingerprint density at radius 3 is 2.43 bits per heavy atom. The summed E-state index contributed by atoms with van der Waals surface area (Å²) in [5, 5.41) is 15.7.